The molecule has 1 aromatic heterocycles. The lowest BCUT2D eigenvalue weighted by atomic mass is 10.2. The molecule has 0 aliphatic heterocycles. The first kappa shape index (κ1) is 21.8. The molecule has 2 amide bonds. The summed E-state index contributed by atoms with van der Waals surface area (Å²) in [5.74, 6) is -0.794. The van der Waals surface area contributed by atoms with E-state index in [-0.39, 0.29) is 22.9 Å². The van der Waals surface area contributed by atoms with Gasteiger partial charge in [0.2, 0.25) is 0 Å². The molecule has 2 aromatic carbocycles. The maximum atomic E-state index is 14.1. The predicted molar refractivity (Wildman–Crippen MR) is 118 cm³/mol. The van der Waals surface area contributed by atoms with Gasteiger partial charge in [-0.1, -0.05) is 30.3 Å². The number of hydrogen-bond acceptors (Lipinski definition) is 5. The van der Waals surface area contributed by atoms with Gasteiger partial charge in [0.05, 0.1) is 11.4 Å². The molecule has 0 bridgehead atoms. The quantitative estimate of drug-likeness (QED) is 0.500. The summed E-state index contributed by atoms with van der Waals surface area (Å²) in [6, 6.07) is 17.8. The summed E-state index contributed by atoms with van der Waals surface area (Å²) >= 11 is 0. The lowest BCUT2D eigenvalue weighted by molar-refractivity contribution is 0.0635. The number of anilines is 4. The molecule has 1 heterocycles. The van der Waals surface area contributed by atoms with E-state index in [4.69, 9.17) is 4.74 Å². The van der Waals surface area contributed by atoms with Gasteiger partial charge in [-0.2, -0.15) is 0 Å². The van der Waals surface area contributed by atoms with Gasteiger partial charge >= 0.3 is 6.09 Å². The third kappa shape index (κ3) is 6.53. The van der Waals surface area contributed by atoms with E-state index in [2.05, 4.69) is 20.9 Å². The zero-order valence-electron chi connectivity index (χ0n) is 17.4. The highest BCUT2D eigenvalue weighted by Gasteiger charge is 2.18. The molecule has 0 fully saturated rings. The van der Waals surface area contributed by atoms with Crippen molar-refractivity contribution in [2.75, 3.05) is 16.0 Å². The number of aromatic nitrogens is 1. The lowest BCUT2D eigenvalue weighted by Gasteiger charge is -2.20. The Labute approximate surface area is 179 Å². The fourth-order valence-corrected chi connectivity index (χ4v) is 2.62. The number of carbonyl (C=O) groups excluding carboxylic acids is 2. The number of hydrogen-bond donors (Lipinski definition) is 3. The van der Waals surface area contributed by atoms with E-state index in [9.17, 15) is 14.0 Å². The molecule has 8 heteroatoms. The molecule has 160 valence electrons. The average Bonchev–Trinajstić information content (AvgIpc) is 2.69. The van der Waals surface area contributed by atoms with Crippen LogP contribution in [0.4, 0.5) is 32.1 Å². The van der Waals surface area contributed by atoms with Gasteiger partial charge in [-0.3, -0.25) is 10.1 Å². The Bertz CT molecular complexity index is 1080. The van der Waals surface area contributed by atoms with Gasteiger partial charge in [-0.05, 0) is 51.1 Å². The fraction of sp³-hybridized carbons (Fsp3) is 0.174. The second-order valence-corrected chi connectivity index (χ2v) is 7.68. The van der Waals surface area contributed by atoms with Crippen LogP contribution in [0.2, 0.25) is 0 Å². The summed E-state index contributed by atoms with van der Waals surface area (Å²) in [6.45, 7) is 5.22. The maximum absolute atomic E-state index is 14.1. The number of benzene rings is 2. The molecule has 0 saturated carbocycles. The van der Waals surface area contributed by atoms with Crippen molar-refractivity contribution in [3.05, 3.63) is 78.2 Å². The molecule has 3 aromatic rings. The van der Waals surface area contributed by atoms with Crippen LogP contribution in [-0.4, -0.2) is 22.6 Å². The number of ether oxygens (including phenoxy) is 1. The summed E-state index contributed by atoms with van der Waals surface area (Å²) in [7, 11) is 0. The maximum Gasteiger partial charge on any atom is 0.412 e. The molecule has 3 rings (SSSR count). The number of amides is 2. The van der Waals surface area contributed by atoms with Crippen molar-refractivity contribution < 1.29 is 18.7 Å². The topological polar surface area (TPSA) is 92.3 Å². The number of para-hydroxylation sites is 2. The zero-order valence-corrected chi connectivity index (χ0v) is 17.4. The molecular formula is C23H23FN4O3. The SMILES string of the molecule is CC(C)(C)OC(=O)Nc1cc(Nc2ccccc2F)nc(C(=O)Nc2ccccc2)c1. The highest BCUT2D eigenvalue weighted by atomic mass is 19.1. The van der Waals surface area contributed by atoms with Gasteiger partial charge in [0.25, 0.3) is 5.91 Å². The Hall–Kier alpha value is -3.94. The first-order valence-corrected chi connectivity index (χ1v) is 9.60. The molecule has 7 nitrogen and oxygen atoms in total. The summed E-state index contributed by atoms with van der Waals surface area (Å²) in [6.07, 6.45) is -0.690. The molecule has 31 heavy (non-hydrogen) atoms. The number of halogens is 1. The minimum Gasteiger partial charge on any atom is -0.444 e. The Morgan fingerprint density at radius 1 is 0.903 bits per heavy atom. The van der Waals surface area contributed by atoms with Crippen molar-refractivity contribution in [2.45, 2.75) is 26.4 Å². The Balaban J connectivity index is 1.90. The zero-order chi connectivity index (χ0) is 22.4. The van der Waals surface area contributed by atoms with Crippen LogP contribution in [0.1, 0.15) is 31.3 Å². The van der Waals surface area contributed by atoms with Crippen LogP contribution in [-0.2, 0) is 4.74 Å². The minimum absolute atomic E-state index is 0.0243. The summed E-state index contributed by atoms with van der Waals surface area (Å²) in [5, 5.41) is 8.15. The van der Waals surface area contributed by atoms with Crippen LogP contribution in [0.25, 0.3) is 0 Å². The Morgan fingerprint density at radius 3 is 2.26 bits per heavy atom. The van der Waals surface area contributed by atoms with Crippen LogP contribution in [0.3, 0.4) is 0 Å². The van der Waals surface area contributed by atoms with Gasteiger partial charge in [0.15, 0.2) is 0 Å². The average molecular weight is 422 g/mol. The molecule has 3 N–H and O–H groups in total. The Morgan fingerprint density at radius 2 is 1.58 bits per heavy atom. The lowest BCUT2D eigenvalue weighted by Crippen LogP contribution is -2.27. The number of nitrogens with zero attached hydrogens (tertiary/aromatic N) is 1. The van der Waals surface area contributed by atoms with Gasteiger partial charge in [0.1, 0.15) is 22.9 Å². The standard InChI is InChI=1S/C23H23FN4O3/c1-23(2,3)31-22(30)26-16-13-19(21(29)25-15-9-5-4-6-10-15)28-20(14-16)27-18-12-8-7-11-17(18)24/h4-14H,1-3H3,(H,25,29)(H2,26,27,28,30). The van der Waals surface area contributed by atoms with Gasteiger partial charge in [0, 0.05) is 11.8 Å². The Kier molecular flexibility index (Phi) is 6.49. The summed E-state index contributed by atoms with van der Waals surface area (Å²) < 4.78 is 19.3. The predicted octanol–water partition coefficient (Wildman–Crippen LogP) is 5.56. The molecule has 0 saturated heterocycles. The fourth-order valence-electron chi connectivity index (χ4n) is 2.62. The largest absolute Gasteiger partial charge is 0.444 e. The monoisotopic (exact) mass is 422 g/mol. The van der Waals surface area contributed by atoms with E-state index in [1.165, 1.54) is 24.3 Å². The van der Waals surface area contributed by atoms with Crippen molar-refractivity contribution >= 4 is 34.9 Å². The molecular weight excluding hydrogens is 399 g/mol. The van der Waals surface area contributed by atoms with Crippen molar-refractivity contribution in [3.8, 4) is 0 Å². The number of pyridine rings is 1. The summed E-state index contributed by atoms with van der Waals surface area (Å²) in [4.78, 5) is 29.2. The van der Waals surface area contributed by atoms with Gasteiger partial charge in [-0.25, -0.2) is 14.2 Å². The number of nitrogens with one attached hydrogen (secondary N) is 3. The molecule has 0 aliphatic rings. The van der Waals surface area contributed by atoms with E-state index in [1.807, 2.05) is 6.07 Å². The molecule has 0 aliphatic carbocycles. The normalized spacial score (nSPS) is 10.8. The minimum atomic E-state index is -0.696. The van der Waals surface area contributed by atoms with Gasteiger partial charge < -0.3 is 15.4 Å². The first-order chi connectivity index (χ1) is 14.7. The van der Waals surface area contributed by atoms with Crippen LogP contribution in [0.15, 0.2) is 66.7 Å². The van der Waals surface area contributed by atoms with Crippen LogP contribution in [0.5, 0.6) is 0 Å². The highest BCUT2D eigenvalue weighted by Crippen LogP contribution is 2.23. The van der Waals surface area contributed by atoms with Crippen LogP contribution < -0.4 is 16.0 Å². The smallest absolute Gasteiger partial charge is 0.412 e. The van der Waals surface area contributed by atoms with Crippen LogP contribution in [0, 0.1) is 5.82 Å². The van der Waals surface area contributed by atoms with Crippen molar-refractivity contribution in [2.24, 2.45) is 0 Å². The van der Waals surface area contributed by atoms with Crippen LogP contribution >= 0.6 is 0 Å². The molecule has 0 spiro atoms. The third-order valence-electron chi connectivity index (χ3n) is 3.87. The van der Waals surface area contributed by atoms with Crippen molar-refractivity contribution in [1.82, 2.24) is 4.98 Å². The van der Waals surface area contributed by atoms with E-state index < -0.39 is 23.4 Å². The van der Waals surface area contributed by atoms with Crippen molar-refractivity contribution in [3.63, 3.8) is 0 Å². The number of carbonyl (C=O) groups is 2. The molecule has 0 atom stereocenters. The number of rotatable bonds is 5. The van der Waals surface area contributed by atoms with Crippen molar-refractivity contribution in [1.29, 1.82) is 0 Å². The second-order valence-electron chi connectivity index (χ2n) is 7.68. The van der Waals surface area contributed by atoms with Gasteiger partial charge in [-0.15, -0.1) is 0 Å². The van der Waals surface area contributed by atoms with E-state index in [1.54, 1.807) is 57.2 Å². The van der Waals surface area contributed by atoms with E-state index in [0.717, 1.165) is 0 Å². The highest BCUT2D eigenvalue weighted by molar-refractivity contribution is 6.04. The second kappa shape index (κ2) is 9.25. The first-order valence-electron chi connectivity index (χ1n) is 9.60. The summed E-state index contributed by atoms with van der Waals surface area (Å²) in [5.41, 5.74) is 0.360. The molecule has 0 radical (unpaired) electrons. The van der Waals surface area contributed by atoms with E-state index >= 15 is 0 Å². The third-order valence-corrected chi connectivity index (χ3v) is 3.87. The molecule has 0 unspecified atom stereocenters. The van der Waals surface area contributed by atoms with E-state index in [0.29, 0.717) is 5.69 Å².